The normalized spacial score (nSPS) is 17.7. The smallest absolute Gasteiger partial charge is 0.324 e. The number of nitrogens with zero attached hydrogens (tertiary/aromatic N) is 2. The standard InChI is InChI=1S/C18H24N4O4/c1-21(15-6-10-26-11-7-15)17(24)13-2-4-14(5-3-13)20-12-16(23)22-9-8-19-18(22)25/h2-5,15,20H,6-12H2,1H3,(H,19,25). The van der Waals surface area contributed by atoms with E-state index in [9.17, 15) is 14.4 Å². The first-order valence-corrected chi connectivity index (χ1v) is 8.83. The van der Waals surface area contributed by atoms with Crippen LogP contribution in [-0.4, -0.2) is 73.6 Å². The summed E-state index contributed by atoms with van der Waals surface area (Å²) < 4.78 is 5.34. The van der Waals surface area contributed by atoms with Gasteiger partial charge in [-0.1, -0.05) is 0 Å². The third kappa shape index (κ3) is 4.13. The van der Waals surface area contributed by atoms with E-state index < -0.39 is 0 Å². The molecular weight excluding hydrogens is 336 g/mol. The van der Waals surface area contributed by atoms with Crippen LogP contribution in [-0.2, 0) is 9.53 Å². The van der Waals surface area contributed by atoms with Crippen LogP contribution in [0.3, 0.4) is 0 Å². The average Bonchev–Trinajstić information content (AvgIpc) is 3.12. The first-order valence-electron chi connectivity index (χ1n) is 8.83. The minimum absolute atomic E-state index is 0.0201. The van der Waals surface area contributed by atoms with Crippen LogP contribution in [0.4, 0.5) is 10.5 Å². The van der Waals surface area contributed by atoms with Crippen LogP contribution in [0, 0.1) is 0 Å². The van der Waals surface area contributed by atoms with Crippen LogP contribution >= 0.6 is 0 Å². The van der Waals surface area contributed by atoms with E-state index in [1.54, 1.807) is 29.2 Å². The van der Waals surface area contributed by atoms with E-state index in [0.29, 0.717) is 31.9 Å². The van der Waals surface area contributed by atoms with Gasteiger partial charge in [0, 0.05) is 50.6 Å². The third-order valence-corrected chi connectivity index (χ3v) is 4.79. The predicted octanol–water partition coefficient (Wildman–Crippen LogP) is 0.901. The Balaban J connectivity index is 1.53. The van der Waals surface area contributed by atoms with Crippen molar-refractivity contribution in [3.63, 3.8) is 0 Å². The molecule has 0 spiro atoms. The summed E-state index contributed by atoms with van der Waals surface area (Å²) in [5.74, 6) is -0.298. The molecule has 2 saturated heterocycles. The summed E-state index contributed by atoms with van der Waals surface area (Å²) in [6.07, 6.45) is 1.71. The minimum atomic E-state index is -0.353. The van der Waals surface area contributed by atoms with Crippen LogP contribution in [0.1, 0.15) is 23.2 Å². The maximum atomic E-state index is 12.6. The molecule has 0 atom stereocenters. The summed E-state index contributed by atoms with van der Waals surface area (Å²) in [4.78, 5) is 39.0. The van der Waals surface area contributed by atoms with E-state index in [-0.39, 0.29) is 30.4 Å². The van der Waals surface area contributed by atoms with Crippen LogP contribution in [0.25, 0.3) is 0 Å². The Morgan fingerprint density at radius 3 is 2.58 bits per heavy atom. The van der Waals surface area contributed by atoms with Crippen molar-refractivity contribution < 1.29 is 19.1 Å². The van der Waals surface area contributed by atoms with Gasteiger partial charge in [-0.3, -0.25) is 14.5 Å². The van der Waals surface area contributed by atoms with Crippen LogP contribution in [0.5, 0.6) is 0 Å². The summed E-state index contributed by atoms with van der Waals surface area (Å²) in [5, 5.41) is 5.58. The molecule has 8 heteroatoms. The summed E-state index contributed by atoms with van der Waals surface area (Å²) in [6.45, 7) is 2.29. The molecule has 1 aromatic carbocycles. The number of carbonyl (C=O) groups is 3. The average molecular weight is 360 g/mol. The molecule has 2 aliphatic rings. The summed E-state index contributed by atoms with van der Waals surface area (Å²) >= 11 is 0. The zero-order chi connectivity index (χ0) is 18.5. The van der Waals surface area contributed by atoms with Gasteiger partial charge in [-0.2, -0.15) is 0 Å². The maximum absolute atomic E-state index is 12.6. The SMILES string of the molecule is CN(C(=O)c1ccc(NCC(=O)N2CCNC2=O)cc1)C1CCOCC1. The highest BCUT2D eigenvalue weighted by Gasteiger charge is 2.26. The van der Waals surface area contributed by atoms with Crippen LogP contribution in [0.2, 0.25) is 0 Å². The monoisotopic (exact) mass is 360 g/mol. The number of anilines is 1. The van der Waals surface area contributed by atoms with E-state index in [4.69, 9.17) is 4.74 Å². The Labute approximate surface area is 152 Å². The molecule has 140 valence electrons. The van der Waals surface area contributed by atoms with E-state index in [1.165, 1.54) is 4.90 Å². The van der Waals surface area contributed by atoms with Gasteiger partial charge in [-0.15, -0.1) is 0 Å². The lowest BCUT2D eigenvalue weighted by Gasteiger charge is -2.31. The van der Waals surface area contributed by atoms with E-state index >= 15 is 0 Å². The molecule has 8 nitrogen and oxygen atoms in total. The van der Waals surface area contributed by atoms with Crippen molar-refractivity contribution in [2.45, 2.75) is 18.9 Å². The first-order chi connectivity index (χ1) is 12.6. The Bertz CT molecular complexity index is 670. The van der Waals surface area contributed by atoms with Crippen LogP contribution < -0.4 is 10.6 Å². The molecule has 2 aliphatic heterocycles. The number of amides is 4. The highest BCUT2D eigenvalue weighted by molar-refractivity contribution is 5.98. The molecule has 0 radical (unpaired) electrons. The zero-order valence-electron chi connectivity index (χ0n) is 14.9. The second kappa shape index (κ2) is 8.18. The van der Waals surface area contributed by atoms with Gasteiger partial charge in [-0.25, -0.2) is 4.79 Å². The van der Waals surface area contributed by atoms with Crippen molar-refractivity contribution in [1.29, 1.82) is 0 Å². The number of urea groups is 1. The van der Waals surface area contributed by atoms with Crippen molar-refractivity contribution >= 4 is 23.5 Å². The molecule has 1 aromatic rings. The van der Waals surface area contributed by atoms with Gasteiger partial charge in [0.1, 0.15) is 0 Å². The van der Waals surface area contributed by atoms with Gasteiger partial charge in [0.15, 0.2) is 0 Å². The second-order valence-electron chi connectivity index (χ2n) is 6.47. The van der Waals surface area contributed by atoms with Gasteiger partial charge in [0.25, 0.3) is 5.91 Å². The van der Waals surface area contributed by atoms with Crippen molar-refractivity contribution in [2.75, 3.05) is 45.2 Å². The number of rotatable bonds is 5. The van der Waals surface area contributed by atoms with Crippen molar-refractivity contribution in [3.8, 4) is 0 Å². The molecule has 2 fully saturated rings. The molecule has 0 aliphatic carbocycles. The molecule has 26 heavy (non-hydrogen) atoms. The molecule has 0 aromatic heterocycles. The molecule has 0 bridgehead atoms. The van der Waals surface area contributed by atoms with E-state index in [1.807, 2.05) is 7.05 Å². The highest BCUT2D eigenvalue weighted by Crippen LogP contribution is 2.17. The number of ether oxygens (including phenoxy) is 1. The quantitative estimate of drug-likeness (QED) is 0.814. The zero-order valence-corrected chi connectivity index (χ0v) is 14.9. The molecule has 3 rings (SSSR count). The second-order valence-corrected chi connectivity index (χ2v) is 6.47. The van der Waals surface area contributed by atoms with Gasteiger partial charge < -0.3 is 20.3 Å². The Morgan fingerprint density at radius 2 is 1.96 bits per heavy atom. The number of imide groups is 1. The highest BCUT2D eigenvalue weighted by atomic mass is 16.5. The molecule has 2 N–H and O–H groups in total. The third-order valence-electron chi connectivity index (χ3n) is 4.79. The van der Waals surface area contributed by atoms with Gasteiger partial charge in [0.05, 0.1) is 6.54 Å². The minimum Gasteiger partial charge on any atom is -0.381 e. The predicted molar refractivity (Wildman–Crippen MR) is 96.0 cm³/mol. The van der Waals surface area contributed by atoms with E-state index in [0.717, 1.165) is 18.5 Å². The Morgan fingerprint density at radius 1 is 1.27 bits per heavy atom. The molecule has 4 amide bonds. The largest absolute Gasteiger partial charge is 0.381 e. The molecule has 0 saturated carbocycles. The summed E-state index contributed by atoms with van der Waals surface area (Å²) in [7, 11) is 1.82. The fourth-order valence-corrected chi connectivity index (χ4v) is 3.16. The lowest BCUT2D eigenvalue weighted by atomic mass is 10.1. The Hall–Kier alpha value is -2.61. The van der Waals surface area contributed by atoms with E-state index in [2.05, 4.69) is 10.6 Å². The van der Waals surface area contributed by atoms with Gasteiger partial charge >= 0.3 is 6.03 Å². The van der Waals surface area contributed by atoms with Crippen molar-refractivity contribution in [2.24, 2.45) is 0 Å². The number of hydrogen-bond acceptors (Lipinski definition) is 5. The van der Waals surface area contributed by atoms with Crippen molar-refractivity contribution in [3.05, 3.63) is 29.8 Å². The molecule has 2 heterocycles. The molecule has 0 unspecified atom stereocenters. The Kier molecular flexibility index (Phi) is 5.72. The summed E-state index contributed by atoms with van der Waals surface area (Å²) in [5.41, 5.74) is 1.33. The number of carbonyl (C=O) groups excluding carboxylic acids is 3. The van der Waals surface area contributed by atoms with Gasteiger partial charge in [-0.05, 0) is 37.1 Å². The number of benzene rings is 1. The van der Waals surface area contributed by atoms with Crippen molar-refractivity contribution in [1.82, 2.24) is 15.1 Å². The number of hydrogen-bond donors (Lipinski definition) is 2. The lowest BCUT2D eigenvalue weighted by Crippen LogP contribution is -2.40. The molecular formula is C18H24N4O4. The fourth-order valence-electron chi connectivity index (χ4n) is 3.16. The first kappa shape index (κ1) is 18.2. The van der Waals surface area contributed by atoms with Crippen LogP contribution in [0.15, 0.2) is 24.3 Å². The summed E-state index contributed by atoms with van der Waals surface area (Å²) in [6, 6.07) is 6.87. The fraction of sp³-hybridized carbons (Fsp3) is 0.500. The topological polar surface area (TPSA) is 91.0 Å². The van der Waals surface area contributed by atoms with Gasteiger partial charge in [0.2, 0.25) is 5.91 Å². The lowest BCUT2D eigenvalue weighted by molar-refractivity contribution is -0.125. The maximum Gasteiger partial charge on any atom is 0.324 e. The number of nitrogens with one attached hydrogen (secondary N) is 2.